The van der Waals surface area contributed by atoms with Gasteiger partial charge >= 0.3 is 0 Å². The van der Waals surface area contributed by atoms with Gasteiger partial charge in [-0.3, -0.25) is 9.78 Å². The molecular formula is C12H16BrN3O3S. The molecule has 110 valence electrons. The number of sulfonamides is 1. The zero-order valence-electron chi connectivity index (χ0n) is 11.0. The zero-order valence-corrected chi connectivity index (χ0v) is 13.4. The number of amides is 1. The monoisotopic (exact) mass is 361 g/mol. The van der Waals surface area contributed by atoms with Crippen LogP contribution in [0.4, 0.5) is 0 Å². The standard InChI is InChI=1S/C12H16BrN3O3S/c1-20(18,19)15-11-2-4-16(5-3-11)12(17)9-6-10(13)8-14-7-9/h6-8,11,15H,2-5H2,1H3. The molecule has 1 aromatic heterocycles. The Hall–Kier alpha value is -0.990. The summed E-state index contributed by atoms with van der Waals surface area (Å²) in [5.41, 5.74) is 0.536. The molecule has 0 unspecified atom stereocenters. The first-order valence-electron chi connectivity index (χ1n) is 6.22. The molecule has 1 amide bonds. The van der Waals surface area contributed by atoms with Crippen LogP contribution in [-0.4, -0.2) is 49.6 Å². The lowest BCUT2D eigenvalue weighted by atomic mass is 10.1. The summed E-state index contributed by atoms with van der Waals surface area (Å²) in [7, 11) is -3.19. The van der Waals surface area contributed by atoms with Gasteiger partial charge in [-0.25, -0.2) is 13.1 Å². The van der Waals surface area contributed by atoms with E-state index in [0.29, 0.717) is 31.5 Å². The molecule has 0 saturated carbocycles. The molecule has 0 aromatic carbocycles. The fraction of sp³-hybridized carbons (Fsp3) is 0.500. The fourth-order valence-electron chi connectivity index (χ4n) is 2.21. The van der Waals surface area contributed by atoms with Crippen molar-refractivity contribution in [2.24, 2.45) is 0 Å². The smallest absolute Gasteiger partial charge is 0.255 e. The first-order valence-corrected chi connectivity index (χ1v) is 8.91. The van der Waals surface area contributed by atoms with Crippen LogP contribution in [0.1, 0.15) is 23.2 Å². The maximum absolute atomic E-state index is 12.3. The first kappa shape index (κ1) is 15.4. The summed E-state index contributed by atoms with van der Waals surface area (Å²) in [5.74, 6) is -0.0726. The van der Waals surface area contributed by atoms with Crippen molar-refractivity contribution in [3.05, 3.63) is 28.5 Å². The molecule has 2 rings (SSSR count). The number of hydrogen-bond donors (Lipinski definition) is 1. The lowest BCUT2D eigenvalue weighted by Gasteiger charge is -2.32. The van der Waals surface area contributed by atoms with Crippen LogP contribution in [0.25, 0.3) is 0 Å². The van der Waals surface area contributed by atoms with Gasteiger partial charge in [0.25, 0.3) is 5.91 Å². The lowest BCUT2D eigenvalue weighted by molar-refractivity contribution is 0.0711. The predicted molar refractivity (Wildman–Crippen MR) is 78.8 cm³/mol. The van der Waals surface area contributed by atoms with Gasteiger partial charge in [0, 0.05) is 36.0 Å². The van der Waals surface area contributed by atoms with Crippen molar-refractivity contribution >= 4 is 31.9 Å². The molecule has 1 aliphatic heterocycles. The number of piperidine rings is 1. The van der Waals surface area contributed by atoms with Crippen LogP contribution >= 0.6 is 15.9 Å². The van der Waals surface area contributed by atoms with Gasteiger partial charge in [0.1, 0.15) is 0 Å². The van der Waals surface area contributed by atoms with E-state index in [9.17, 15) is 13.2 Å². The third-order valence-corrected chi connectivity index (χ3v) is 4.31. The van der Waals surface area contributed by atoms with E-state index in [1.807, 2.05) is 0 Å². The SMILES string of the molecule is CS(=O)(=O)NC1CCN(C(=O)c2cncc(Br)c2)CC1. The molecule has 0 bridgehead atoms. The lowest BCUT2D eigenvalue weighted by Crippen LogP contribution is -2.46. The van der Waals surface area contributed by atoms with Gasteiger partial charge in [-0.05, 0) is 34.8 Å². The fourth-order valence-corrected chi connectivity index (χ4v) is 3.42. The third-order valence-electron chi connectivity index (χ3n) is 3.11. The van der Waals surface area contributed by atoms with E-state index in [-0.39, 0.29) is 11.9 Å². The number of nitrogens with zero attached hydrogens (tertiary/aromatic N) is 2. The number of carbonyl (C=O) groups excluding carboxylic acids is 1. The number of aromatic nitrogens is 1. The van der Waals surface area contributed by atoms with E-state index >= 15 is 0 Å². The number of pyridine rings is 1. The van der Waals surface area contributed by atoms with Crippen molar-refractivity contribution in [2.45, 2.75) is 18.9 Å². The van der Waals surface area contributed by atoms with Crippen LogP contribution < -0.4 is 4.72 Å². The van der Waals surface area contributed by atoms with Gasteiger partial charge in [-0.1, -0.05) is 0 Å². The maximum atomic E-state index is 12.3. The molecule has 1 fully saturated rings. The maximum Gasteiger partial charge on any atom is 0.255 e. The molecule has 20 heavy (non-hydrogen) atoms. The van der Waals surface area contributed by atoms with Crippen molar-refractivity contribution in [1.29, 1.82) is 0 Å². The second-order valence-electron chi connectivity index (χ2n) is 4.85. The molecule has 1 N–H and O–H groups in total. The first-order chi connectivity index (χ1) is 9.35. The summed E-state index contributed by atoms with van der Waals surface area (Å²) < 4.78 is 25.7. The van der Waals surface area contributed by atoms with Gasteiger partial charge in [0.05, 0.1) is 11.8 Å². The van der Waals surface area contributed by atoms with Crippen molar-refractivity contribution in [3.8, 4) is 0 Å². The highest BCUT2D eigenvalue weighted by Crippen LogP contribution is 2.16. The van der Waals surface area contributed by atoms with Gasteiger partial charge in [-0.15, -0.1) is 0 Å². The molecule has 1 aliphatic rings. The Labute approximate surface area is 126 Å². The average molecular weight is 362 g/mol. The van der Waals surface area contributed by atoms with Crippen molar-refractivity contribution in [2.75, 3.05) is 19.3 Å². The predicted octanol–water partition coefficient (Wildman–Crippen LogP) is 0.998. The number of likely N-dealkylation sites (tertiary alicyclic amines) is 1. The third kappa shape index (κ3) is 4.26. The molecule has 8 heteroatoms. The number of halogens is 1. The Balaban J connectivity index is 1.95. The zero-order chi connectivity index (χ0) is 14.8. The van der Waals surface area contributed by atoms with Gasteiger partial charge < -0.3 is 4.90 Å². The van der Waals surface area contributed by atoms with Gasteiger partial charge in [0.2, 0.25) is 10.0 Å². The summed E-state index contributed by atoms with van der Waals surface area (Å²) >= 11 is 3.29. The van der Waals surface area contributed by atoms with Crippen molar-refractivity contribution in [1.82, 2.24) is 14.6 Å². The Morgan fingerprint density at radius 1 is 1.40 bits per heavy atom. The normalized spacial score (nSPS) is 17.2. The quantitative estimate of drug-likeness (QED) is 0.870. The van der Waals surface area contributed by atoms with E-state index in [2.05, 4.69) is 25.6 Å². The van der Waals surface area contributed by atoms with E-state index in [1.54, 1.807) is 17.2 Å². The largest absolute Gasteiger partial charge is 0.338 e. The summed E-state index contributed by atoms with van der Waals surface area (Å²) in [4.78, 5) is 18.0. The van der Waals surface area contributed by atoms with Crippen molar-refractivity contribution in [3.63, 3.8) is 0 Å². The molecule has 0 atom stereocenters. The van der Waals surface area contributed by atoms with Crippen LogP contribution in [0.15, 0.2) is 22.9 Å². The molecule has 6 nitrogen and oxygen atoms in total. The summed E-state index contributed by atoms with van der Waals surface area (Å²) in [6.45, 7) is 1.08. The Kier molecular flexibility index (Phi) is 4.77. The molecule has 2 heterocycles. The topological polar surface area (TPSA) is 79.4 Å². The van der Waals surface area contributed by atoms with Crippen LogP contribution in [-0.2, 0) is 10.0 Å². The molecule has 1 aromatic rings. The van der Waals surface area contributed by atoms with Crippen LogP contribution in [0.2, 0.25) is 0 Å². The minimum atomic E-state index is -3.19. The summed E-state index contributed by atoms with van der Waals surface area (Å²) in [6.07, 6.45) is 5.56. The molecule has 1 saturated heterocycles. The van der Waals surface area contributed by atoms with Gasteiger partial charge in [0.15, 0.2) is 0 Å². The number of nitrogens with one attached hydrogen (secondary N) is 1. The van der Waals surface area contributed by atoms with Crippen LogP contribution in [0.3, 0.4) is 0 Å². The molecule has 0 aliphatic carbocycles. The van der Waals surface area contributed by atoms with Gasteiger partial charge in [-0.2, -0.15) is 0 Å². The Bertz CT molecular complexity index is 598. The van der Waals surface area contributed by atoms with E-state index in [4.69, 9.17) is 0 Å². The minimum absolute atomic E-state index is 0.0726. The molecule has 0 radical (unpaired) electrons. The Morgan fingerprint density at radius 3 is 2.60 bits per heavy atom. The summed E-state index contributed by atoms with van der Waals surface area (Å²) in [5, 5.41) is 0. The van der Waals surface area contributed by atoms with Crippen LogP contribution in [0.5, 0.6) is 0 Å². The van der Waals surface area contributed by atoms with E-state index in [1.165, 1.54) is 6.20 Å². The second kappa shape index (κ2) is 6.19. The molecular weight excluding hydrogens is 346 g/mol. The number of hydrogen-bond acceptors (Lipinski definition) is 4. The average Bonchev–Trinajstić information content (AvgIpc) is 2.37. The summed E-state index contributed by atoms with van der Waals surface area (Å²) in [6, 6.07) is 1.64. The highest BCUT2D eigenvalue weighted by molar-refractivity contribution is 9.10. The highest BCUT2D eigenvalue weighted by atomic mass is 79.9. The number of carbonyl (C=O) groups is 1. The van der Waals surface area contributed by atoms with Crippen LogP contribution in [0, 0.1) is 0 Å². The van der Waals surface area contributed by atoms with E-state index < -0.39 is 10.0 Å². The van der Waals surface area contributed by atoms with E-state index in [0.717, 1.165) is 10.7 Å². The minimum Gasteiger partial charge on any atom is -0.338 e. The Morgan fingerprint density at radius 2 is 2.05 bits per heavy atom. The van der Waals surface area contributed by atoms with Crippen molar-refractivity contribution < 1.29 is 13.2 Å². The highest BCUT2D eigenvalue weighted by Gasteiger charge is 2.25. The molecule has 0 spiro atoms. The number of rotatable bonds is 3. The second-order valence-corrected chi connectivity index (χ2v) is 7.54.